The summed E-state index contributed by atoms with van der Waals surface area (Å²) in [6.45, 7) is 2.21. The number of halogens is 1. The topological polar surface area (TPSA) is 70.3 Å². The lowest BCUT2D eigenvalue weighted by Gasteiger charge is -2.17. The maximum absolute atomic E-state index is 15.4. The van der Waals surface area contributed by atoms with Crippen LogP contribution in [0.5, 0.6) is 11.5 Å². The zero-order valence-corrected chi connectivity index (χ0v) is 20.7. The number of fused-ring (bicyclic) bond motifs is 1. The smallest absolute Gasteiger partial charge is 0.276 e. The Labute approximate surface area is 208 Å². The Bertz CT molecular complexity index is 1490. The molecule has 0 amide bonds. The van der Waals surface area contributed by atoms with Gasteiger partial charge in [0, 0.05) is 24.2 Å². The first-order valence-corrected chi connectivity index (χ1v) is 11.9. The molecule has 7 nitrogen and oxygen atoms in total. The molecule has 2 aromatic carbocycles. The molecule has 1 aliphatic rings. The van der Waals surface area contributed by atoms with Gasteiger partial charge in [0.1, 0.15) is 22.8 Å². The summed E-state index contributed by atoms with van der Waals surface area (Å²) in [5.41, 5.74) is 4.27. The summed E-state index contributed by atoms with van der Waals surface area (Å²) in [7, 11) is 4.86. The molecule has 3 heterocycles. The monoisotopic (exact) mass is 488 g/mol. The Hall–Kier alpha value is -3.91. The fraction of sp³-hybridized carbons (Fsp3) is 0.286. The molecular formula is C28H29FN4O3. The molecule has 0 aliphatic carbocycles. The van der Waals surface area contributed by atoms with E-state index in [1.807, 2.05) is 36.4 Å². The van der Waals surface area contributed by atoms with Crippen LogP contribution in [0.2, 0.25) is 0 Å². The van der Waals surface area contributed by atoms with Gasteiger partial charge in [-0.2, -0.15) is 5.10 Å². The molecule has 8 heteroatoms. The van der Waals surface area contributed by atoms with Crippen LogP contribution in [0.4, 0.5) is 4.39 Å². The van der Waals surface area contributed by atoms with Crippen molar-refractivity contribution < 1.29 is 13.9 Å². The van der Waals surface area contributed by atoms with E-state index in [9.17, 15) is 4.79 Å². The molecule has 0 spiro atoms. The van der Waals surface area contributed by atoms with Crippen molar-refractivity contribution in [1.82, 2.24) is 19.7 Å². The fourth-order valence-corrected chi connectivity index (χ4v) is 4.70. The van der Waals surface area contributed by atoms with Crippen LogP contribution in [0.15, 0.2) is 59.2 Å². The largest absolute Gasteiger partial charge is 0.497 e. The van der Waals surface area contributed by atoms with E-state index in [2.05, 4.69) is 10.4 Å². The van der Waals surface area contributed by atoms with Gasteiger partial charge in [-0.1, -0.05) is 17.7 Å². The standard InChI is InChI=1S/C28H29FN4O3/c1-32-17-24(20-13-25(29)22(26(14-20)36-3)12-18-8-10-30-11-9-18)23-15-31-33(27(23)28(32)34)16-19-4-6-21(35-2)7-5-19/h4-7,12-15,17,30H,8-11,16H2,1-3H3. The van der Waals surface area contributed by atoms with Crippen molar-refractivity contribution in [2.24, 2.45) is 7.05 Å². The zero-order valence-electron chi connectivity index (χ0n) is 20.7. The van der Waals surface area contributed by atoms with Crippen LogP contribution in [0.25, 0.3) is 28.1 Å². The predicted octanol–water partition coefficient (Wildman–Crippen LogP) is 4.37. The van der Waals surface area contributed by atoms with Crippen molar-refractivity contribution >= 4 is 17.0 Å². The SMILES string of the molecule is COc1ccc(Cn2ncc3c(-c4cc(F)c(C=C5CCNCC5)c(OC)c4)cn(C)c(=O)c32)cc1. The molecule has 0 bridgehead atoms. The molecule has 186 valence electrons. The van der Waals surface area contributed by atoms with Gasteiger partial charge < -0.3 is 19.4 Å². The summed E-state index contributed by atoms with van der Waals surface area (Å²) >= 11 is 0. The minimum absolute atomic E-state index is 0.167. The Balaban J connectivity index is 1.59. The van der Waals surface area contributed by atoms with E-state index in [0.29, 0.717) is 39.9 Å². The lowest BCUT2D eigenvalue weighted by molar-refractivity contribution is 0.410. The van der Waals surface area contributed by atoms with Crippen molar-refractivity contribution in [2.75, 3.05) is 27.3 Å². The van der Waals surface area contributed by atoms with Crippen LogP contribution < -0.4 is 20.3 Å². The first kappa shape index (κ1) is 23.8. The number of methoxy groups -OCH3 is 2. The van der Waals surface area contributed by atoms with E-state index in [-0.39, 0.29) is 11.4 Å². The van der Waals surface area contributed by atoms with Crippen LogP contribution >= 0.6 is 0 Å². The van der Waals surface area contributed by atoms with Gasteiger partial charge in [-0.25, -0.2) is 4.39 Å². The summed E-state index contributed by atoms with van der Waals surface area (Å²) in [4.78, 5) is 13.1. The second-order valence-electron chi connectivity index (χ2n) is 9.00. The van der Waals surface area contributed by atoms with E-state index in [4.69, 9.17) is 9.47 Å². The van der Waals surface area contributed by atoms with Gasteiger partial charge in [-0.05, 0) is 67.4 Å². The Kier molecular flexibility index (Phi) is 6.61. The van der Waals surface area contributed by atoms with Crippen molar-refractivity contribution in [2.45, 2.75) is 19.4 Å². The van der Waals surface area contributed by atoms with Crippen LogP contribution in [-0.4, -0.2) is 41.7 Å². The van der Waals surface area contributed by atoms with Gasteiger partial charge in [0.25, 0.3) is 5.56 Å². The second kappa shape index (κ2) is 9.99. The molecular weight excluding hydrogens is 459 g/mol. The van der Waals surface area contributed by atoms with Crippen molar-refractivity contribution in [3.8, 4) is 22.6 Å². The highest BCUT2D eigenvalue weighted by Gasteiger charge is 2.18. The van der Waals surface area contributed by atoms with E-state index < -0.39 is 0 Å². The molecule has 1 saturated heterocycles. The first-order valence-electron chi connectivity index (χ1n) is 11.9. The Morgan fingerprint density at radius 3 is 2.56 bits per heavy atom. The van der Waals surface area contributed by atoms with E-state index in [0.717, 1.165) is 37.2 Å². The summed E-state index contributed by atoms with van der Waals surface area (Å²) in [6, 6.07) is 11.0. The molecule has 4 aromatic rings. The number of rotatable bonds is 6. The number of hydrogen-bond donors (Lipinski definition) is 1. The van der Waals surface area contributed by atoms with Gasteiger partial charge in [0.05, 0.1) is 32.5 Å². The van der Waals surface area contributed by atoms with Gasteiger partial charge in [-0.15, -0.1) is 0 Å². The number of hydrogen-bond acceptors (Lipinski definition) is 5. The third-order valence-corrected chi connectivity index (χ3v) is 6.68. The summed E-state index contributed by atoms with van der Waals surface area (Å²) in [6.07, 6.45) is 7.08. The molecule has 2 aromatic heterocycles. The Morgan fingerprint density at radius 1 is 1.11 bits per heavy atom. The average Bonchev–Trinajstić information content (AvgIpc) is 3.32. The maximum atomic E-state index is 15.4. The highest BCUT2D eigenvalue weighted by Crippen LogP contribution is 2.35. The van der Waals surface area contributed by atoms with Crippen molar-refractivity contribution in [3.63, 3.8) is 0 Å². The minimum atomic E-state index is -0.358. The zero-order chi connectivity index (χ0) is 25.2. The molecule has 5 rings (SSSR count). The number of aryl methyl sites for hydroxylation is 1. The van der Waals surface area contributed by atoms with Crippen LogP contribution in [0, 0.1) is 5.82 Å². The molecule has 0 radical (unpaired) electrons. The van der Waals surface area contributed by atoms with Crippen LogP contribution in [0.3, 0.4) is 0 Å². The molecule has 1 fully saturated rings. The average molecular weight is 489 g/mol. The number of aromatic nitrogens is 3. The second-order valence-corrected chi connectivity index (χ2v) is 9.00. The first-order chi connectivity index (χ1) is 17.5. The fourth-order valence-electron chi connectivity index (χ4n) is 4.70. The predicted molar refractivity (Wildman–Crippen MR) is 139 cm³/mol. The number of piperidine rings is 1. The van der Waals surface area contributed by atoms with Gasteiger partial charge in [-0.3, -0.25) is 9.48 Å². The highest BCUT2D eigenvalue weighted by atomic mass is 19.1. The molecule has 1 aliphatic heterocycles. The number of benzene rings is 2. The molecule has 0 atom stereocenters. The Morgan fingerprint density at radius 2 is 1.86 bits per heavy atom. The molecule has 0 saturated carbocycles. The number of ether oxygens (including phenoxy) is 2. The third kappa shape index (κ3) is 4.52. The van der Waals surface area contributed by atoms with Crippen molar-refractivity contribution in [3.05, 3.63) is 81.7 Å². The third-order valence-electron chi connectivity index (χ3n) is 6.68. The molecule has 1 N–H and O–H groups in total. The number of pyridine rings is 1. The maximum Gasteiger partial charge on any atom is 0.276 e. The van der Waals surface area contributed by atoms with E-state index in [1.54, 1.807) is 38.3 Å². The van der Waals surface area contributed by atoms with Gasteiger partial charge >= 0.3 is 0 Å². The van der Waals surface area contributed by atoms with Gasteiger partial charge in [0.2, 0.25) is 0 Å². The van der Waals surface area contributed by atoms with E-state index >= 15 is 4.39 Å². The normalized spacial score (nSPS) is 13.7. The highest BCUT2D eigenvalue weighted by molar-refractivity contribution is 5.94. The van der Waals surface area contributed by atoms with Crippen molar-refractivity contribution in [1.29, 1.82) is 0 Å². The molecule has 0 unspecified atom stereocenters. The number of nitrogens with one attached hydrogen (secondary N) is 1. The van der Waals surface area contributed by atoms with Gasteiger partial charge in [0.15, 0.2) is 0 Å². The number of nitrogens with zero attached hydrogens (tertiary/aromatic N) is 3. The quantitative estimate of drug-likeness (QED) is 0.436. The van der Waals surface area contributed by atoms with Crippen LogP contribution in [-0.2, 0) is 13.6 Å². The molecule has 36 heavy (non-hydrogen) atoms. The summed E-state index contributed by atoms with van der Waals surface area (Å²) in [5, 5.41) is 8.49. The lowest BCUT2D eigenvalue weighted by atomic mass is 9.98. The lowest BCUT2D eigenvalue weighted by Crippen LogP contribution is -2.23. The van der Waals surface area contributed by atoms with Crippen LogP contribution in [0.1, 0.15) is 24.0 Å². The summed E-state index contributed by atoms with van der Waals surface area (Å²) < 4.78 is 29.5. The minimum Gasteiger partial charge on any atom is -0.497 e. The van der Waals surface area contributed by atoms with E-state index in [1.165, 1.54) is 16.2 Å². The summed E-state index contributed by atoms with van der Waals surface area (Å²) in [5.74, 6) is 0.865.